The van der Waals surface area contributed by atoms with Gasteiger partial charge in [-0.25, -0.2) is 0 Å². The molecule has 0 amide bonds. The Morgan fingerprint density at radius 2 is 2.00 bits per heavy atom. The smallest absolute Gasteiger partial charge is 0.303 e. The van der Waals surface area contributed by atoms with E-state index in [4.69, 9.17) is 10.3 Å². The molecule has 30 heavy (non-hydrogen) atoms. The first-order valence-electron chi connectivity index (χ1n) is 10.9. The topological polar surface area (TPSA) is 109 Å². The third kappa shape index (κ3) is 3.11. The molecule has 0 radical (unpaired) electrons. The maximum Gasteiger partial charge on any atom is 0.303 e. The van der Waals surface area contributed by atoms with Crippen molar-refractivity contribution in [2.24, 2.45) is 39.6 Å². The fourth-order valence-electron chi connectivity index (χ4n) is 7.05. The summed E-state index contributed by atoms with van der Waals surface area (Å²) in [4.78, 5) is 39.2. The van der Waals surface area contributed by atoms with Gasteiger partial charge in [0.25, 0.3) is 0 Å². The minimum atomic E-state index is -0.430. The van der Waals surface area contributed by atoms with Gasteiger partial charge in [0.05, 0.1) is 0 Å². The lowest BCUT2D eigenvalue weighted by atomic mass is 9.48. The Balaban J connectivity index is 1.70. The van der Waals surface area contributed by atoms with Gasteiger partial charge in [-0.05, 0) is 77.9 Å². The van der Waals surface area contributed by atoms with E-state index in [0.29, 0.717) is 24.0 Å². The number of ketones is 2. The Bertz CT molecular complexity index is 915. The average Bonchev–Trinajstić information content (AvgIpc) is 3.05. The molecule has 6 atom stereocenters. The van der Waals surface area contributed by atoms with Crippen LogP contribution in [-0.2, 0) is 19.1 Å². The van der Waals surface area contributed by atoms with Crippen LogP contribution in [0.5, 0.6) is 0 Å². The van der Waals surface area contributed by atoms with E-state index in [-0.39, 0.29) is 40.8 Å². The monoisotopic (exact) mass is 411 g/mol. The predicted octanol–water partition coefficient (Wildman–Crippen LogP) is 4.68. The average molecular weight is 412 g/mol. The first kappa shape index (κ1) is 20.9. The number of Topliss-reactive ketones (excluding diaryl/α,β-unsaturated/α-hetero) is 1. The molecule has 0 aliphatic heterocycles. The molecule has 4 aliphatic carbocycles. The van der Waals surface area contributed by atoms with Crippen molar-refractivity contribution in [3.63, 3.8) is 0 Å². The molecule has 0 aromatic rings. The van der Waals surface area contributed by atoms with Crippen molar-refractivity contribution in [3.05, 3.63) is 33.9 Å². The first-order valence-corrected chi connectivity index (χ1v) is 10.9. The zero-order valence-electron chi connectivity index (χ0n) is 17.9. The molecule has 2 saturated carbocycles. The van der Waals surface area contributed by atoms with Crippen LogP contribution < -0.4 is 0 Å². The summed E-state index contributed by atoms with van der Waals surface area (Å²) in [6.07, 6.45) is 8.71. The van der Waals surface area contributed by atoms with Crippen molar-refractivity contribution in [3.8, 4) is 0 Å². The second-order valence-electron chi connectivity index (χ2n) is 9.89. The number of fused-ring (bicyclic) bond motifs is 5. The van der Waals surface area contributed by atoms with Crippen molar-refractivity contribution >= 4 is 17.5 Å². The van der Waals surface area contributed by atoms with Gasteiger partial charge in [0.15, 0.2) is 11.6 Å². The van der Waals surface area contributed by atoms with Crippen molar-refractivity contribution in [1.29, 1.82) is 0 Å². The Morgan fingerprint density at radius 1 is 1.23 bits per heavy atom. The molecule has 0 saturated heterocycles. The zero-order valence-corrected chi connectivity index (χ0v) is 17.9. The van der Waals surface area contributed by atoms with E-state index >= 15 is 0 Å². The second kappa shape index (κ2) is 7.38. The molecule has 7 nitrogen and oxygen atoms in total. The highest BCUT2D eigenvalue weighted by Crippen LogP contribution is 2.66. The second-order valence-corrected chi connectivity index (χ2v) is 9.89. The van der Waals surface area contributed by atoms with Gasteiger partial charge in [-0.15, -0.1) is 0 Å². The number of carbonyl (C=O) groups is 3. The third-order valence-corrected chi connectivity index (χ3v) is 8.55. The van der Waals surface area contributed by atoms with Gasteiger partial charge in [-0.3, -0.25) is 14.4 Å². The lowest BCUT2D eigenvalue weighted by Gasteiger charge is -2.56. The standard InChI is InChI=1S/C23H29N3O4/c1-13(27)30-12-21(29)18-5-4-16-15-11-20(25-26-24)19-10-14(28)6-8-23(19,3)17(15)7-9-22(16,18)2/h10-11,15-18H,4-9,12H2,1-3H3/t15-,16-,17-,18+,22-,23+/m0/s1. The molecule has 0 unspecified atom stereocenters. The van der Waals surface area contributed by atoms with E-state index in [9.17, 15) is 14.4 Å². The summed E-state index contributed by atoms with van der Waals surface area (Å²) in [5.41, 5.74) is 10.3. The predicted molar refractivity (Wildman–Crippen MR) is 110 cm³/mol. The first-order chi connectivity index (χ1) is 14.2. The van der Waals surface area contributed by atoms with Crippen molar-refractivity contribution in [2.75, 3.05) is 6.61 Å². The number of allylic oxidation sites excluding steroid dienone is 3. The van der Waals surface area contributed by atoms with Crippen molar-refractivity contribution in [2.45, 2.75) is 59.3 Å². The molecule has 7 heteroatoms. The number of azide groups is 1. The van der Waals surface area contributed by atoms with Crippen LogP contribution in [-0.4, -0.2) is 24.1 Å². The summed E-state index contributed by atoms with van der Waals surface area (Å²) >= 11 is 0. The van der Waals surface area contributed by atoms with Gasteiger partial charge in [0.1, 0.15) is 6.61 Å². The van der Waals surface area contributed by atoms with E-state index < -0.39 is 5.97 Å². The summed E-state index contributed by atoms with van der Waals surface area (Å²) in [5, 5.41) is 3.98. The van der Waals surface area contributed by atoms with E-state index in [0.717, 1.165) is 37.7 Å². The van der Waals surface area contributed by atoms with Crippen molar-refractivity contribution in [1.82, 2.24) is 0 Å². The molecule has 160 valence electrons. The molecule has 0 N–H and O–H groups in total. The van der Waals surface area contributed by atoms with Gasteiger partial charge in [-0.1, -0.05) is 25.0 Å². The largest absolute Gasteiger partial charge is 0.458 e. The molecule has 0 aromatic carbocycles. The Labute approximate surface area is 176 Å². The van der Waals surface area contributed by atoms with Gasteiger partial charge in [0, 0.05) is 29.9 Å². The number of hydrogen-bond acceptors (Lipinski definition) is 5. The number of esters is 1. The van der Waals surface area contributed by atoms with Gasteiger partial charge in [-0.2, -0.15) is 0 Å². The minimum Gasteiger partial charge on any atom is -0.458 e. The summed E-state index contributed by atoms with van der Waals surface area (Å²) in [7, 11) is 0. The molecular weight excluding hydrogens is 382 g/mol. The molecule has 0 spiro atoms. The van der Waals surface area contributed by atoms with Crippen LogP contribution in [0.3, 0.4) is 0 Å². The Kier molecular flexibility index (Phi) is 5.13. The summed E-state index contributed by atoms with van der Waals surface area (Å²) in [5.74, 6) is 0.455. The van der Waals surface area contributed by atoms with E-state index in [1.54, 1.807) is 6.08 Å². The molecule has 4 aliphatic rings. The summed E-state index contributed by atoms with van der Waals surface area (Å²) < 4.78 is 5.00. The van der Waals surface area contributed by atoms with Crippen molar-refractivity contribution < 1.29 is 19.1 Å². The fourth-order valence-corrected chi connectivity index (χ4v) is 7.05. The number of hydrogen-bond donors (Lipinski definition) is 0. The fraction of sp³-hybridized carbons (Fsp3) is 0.696. The lowest BCUT2D eigenvalue weighted by Crippen LogP contribution is -2.50. The van der Waals surface area contributed by atoms with Crippen LogP contribution in [0.2, 0.25) is 0 Å². The highest BCUT2D eigenvalue weighted by Gasteiger charge is 2.60. The molecular formula is C23H29N3O4. The van der Waals surface area contributed by atoms with Crippen LogP contribution in [0, 0.1) is 34.5 Å². The number of rotatable bonds is 4. The normalized spacial score (nSPS) is 39.5. The number of carbonyl (C=O) groups excluding carboxylic acids is 3. The maximum atomic E-state index is 12.9. The molecule has 0 bridgehead atoms. The molecule has 0 aromatic heterocycles. The van der Waals surface area contributed by atoms with Crippen LogP contribution in [0.1, 0.15) is 59.3 Å². The Hall–Kier alpha value is -2.40. The SMILES string of the molecule is CC(=O)OCC(=O)[C@H]1CC[C@H]2[C@@H]3C=C(N=[N+]=[N-])C4=CC(=O)CC[C@]4(C)[C@H]3CC[C@]12C. The van der Waals surface area contributed by atoms with Crippen LogP contribution in [0.15, 0.2) is 28.5 Å². The summed E-state index contributed by atoms with van der Waals surface area (Å²) in [6, 6.07) is 0. The molecule has 0 heterocycles. The number of nitrogens with zero attached hydrogens (tertiary/aromatic N) is 3. The van der Waals surface area contributed by atoms with Crippen LogP contribution >= 0.6 is 0 Å². The lowest BCUT2D eigenvalue weighted by molar-refractivity contribution is -0.148. The third-order valence-electron chi connectivity index (χ3n) is 8.55. The van der Waals surface area contributed by atoms with Gasteiger partial charge in [0.2, 0.25) is 0 Å². The highest BCUT2D eigenvalue weighted by molar-refractivity contribution is 5.92. The molecule has 4 rings (SSSR count). The van der Waals surface area contributed by atoms with E-state index in [1.165, 1.54) is 6.92 Å². The van der Waals surface area contributed by atoms with Gasteiger partial charge >= 0.3 is 5.97 Å². The maximum absolute atomic E-state index is 12.9. The van der Waals surface area contributed by atoms with E-state index in [2.05, 4.69) is 29.9 Å². The zero-order chi connectivity index (χ0) is 21.7. The highest BCUT2D eigenvalue weighted by atomic mass is 16.5. The van der Waals surface area contributed by atoms with Crippen LogP contribution in [0.25, 0.3) is 10.4 Å². The van der Waals surface area contributed by atoms with E-state index in [1.807, 2.05) is 0 Å². The molecule has 2 fully saturated rings. The minimum absolute atomic E-state index is 0.0127. The summed E-state index contributed by atoms with van der Waals surface area (Å²) in [6.45, 7) is 5.59. The van der Waals surface area contributed by atoms with Crippen LogP contribution in [0.4, 0.5) is 0 Å². The Morgan fingerprint density at radius 3 is 2.70 bits per heavy atom. The quantitative estimate of drug-likeness (QED) is 0.289. The van der Waals surface area contributed by atoms with Gasteiger partial charge < -0.3 is 4.74 Å². The number of ether oxygens (including phenoxy) is 1.